The molecule has 6 heteroatoms. The van der Waals surface area contributed by atoms with E-state index in [9.17, 15) is 9.59 Å². The lowest BCUT2D eigenvalue weighted by atomic mass is 10.1. The first-order valence-corrected chi connectivity index (χ1v) is 14.4. The summed E-state index contributed by atoms with van der Waals surface area (Å²) in [5.74, 6) is 0.0200. The normalized spacial score (nSPS) is 14.1. The highest BCUT2D eigenvalue weighted by molar-refractivity contribution is 5.99. The van der Waals surface area contributed by atoms with E-state index >= 15 is 0 Å². The van der Waals surface area contributed by atoms with Gasteiger partial charge in [0, 0.05) is 55.2 Å². The summed E-state index contributed by atoms with van der Waals surface area (Å²) < 4.78 is 5.50. The van der Waals surface area contributed by atoms with E-state index in [1.165, 1.54) is 5.56 Å². The molecule has 0 fully saturated rings. The van der Waals surface area contributed by atoms with Gasteiger partial charge < -0.3 is 19.9 Å². The molecule has 4 aromatic rings. The van der Waals surface area contributed by atoms with Crippen molar-refractivity contribution in [3.8, 4) is 0 Å². The van der Waals surface area contributed by atoms with Crippen LogP contribution in [0.5, 0.6) is 0 Å². The summed E-state index contributed by atoms with van der Waals surface area (Å²) >= 11 is 0. The second-order valence-electron chi connectivity index (χ2n) is 10.2. The largest absolute Gasteiger partial charge is 0.382 e. The molecular weight excluding hydrogens is 510 g/mol. The Balaban J connectivity index is 1.30. The number of hydrogen-bond donors (Lipinski definition) is 1. The molecular formula is C35H37N3O3. The fourth-order valence-electron chi connectivity index (χ4n) is 5.25. The molecule has 1 atom stereocenters. The number of nitrogens with zero attached hydrogens (tertiary/aromatic N) is 2. The summed E-state index contributed by atoms with van der Waals surface area (Å²) in [6.45, 7) is 5.01. The molecule has 41 heavy (non-hydrogen) atoms. The van der Waals surface area contributed by atoms with Crippen LogP contribution in [0.1, 0.15) is 56.9 Å². The van der Waals surface area contributed by atoms with Crippen molar-refractivity contribution in [2.45, 2.75) is 32.5 Å². The molecule has 1 unspecified atom stereocenters. The molecule has 0 saturated carbocycles. The van der Waals surface area contributed by atoms with Crippen LogP contribution in [0.15, 0.2) is 109 Å². The maximum absolute atomic E-state index is 13.7. The fourth-order valence-corrected chi connectivity index (χ4v) is 5.25. The summed E-state index contributed by atoms with van der Waals surface area (Å²) in [5.41, 5.74) is 5.48. The van der Waals surface area contributed by atoms with E-state index in [0.29, 0.717) is 38.4 Å². The predicted octanol–water partition coefficient (Wildman–Crippen LogP) is 6.56. The molecule has 5 rings (SSSR count). The average molecular weight is 548 g/mol. The van der Waals surface area contributed by atoms with Gasteiger partial charge in [0.15, 0.2) is 0 Å². The number of rotatable bonds is 13. The van der Waals surface area contributed by atoms with Gasteiger partial charge in [-0.1, -0.05) is 78.9 Å². The van der Waals surface area contributed by atoms with Gasteiger partial charge in [-0.2, -0.15) is 0 Å². The van der Waals surface area contributed by atoms with E-state index in [-0.39, 0.29) is 18.0 Å². The Bertz CT molecular complexity index is 1420. The molecule has 0 spiro atoms. The first-order valence-electron chi connectivity index (χ1n) is 14.4. The first-order chi connectivity index (χ1) is 20.1. The molecule has 0 aromatic heterocycles. The second-order valence-corrected chi connectivity index (χ2v) is 10.2. The van der Waals surface area contributed by atoms with Crippen molar-refractivity contribution in [1.82, 2.24) is 9.80 Å². The van der Waals surface area contributed by atoms with Crippen molar-refractivity contribution in [3.63, 3.8) is 0 Å². The maximum atomic E-state index is 13.7. The van der Waals surface area contributed by atoms with Crippen LogP contribution in [-0.2, 0) is 17.7 Å². The second kappa shape index (κ2) is 13.8. The minimum Gasteiger partial charge on any atom is -0.382 e. The van der Waals surface area contributed by atoms with Crippen LogP contribution in [0.25, 0.3) is 0 Å². The zero-order valence-corrected chi connectivity index (χ0v) is 23.5. The van der Waals surface area contributed by atoms with Crippen molar-refractivity contribution in [3.05, 3.63) is 137 Å². The fraction of sp³-hybridized carbons (Fsp3) is 0.257. The highest BCUT2D eigenvalue weighted by Gasteiger charge is 2.36. The number of carbonyl (C=O) groups is 2. The molecule has 2 amide bonds. The van der Waals surface area contributed by atoms with Gasteiger partial charge in [-0.25, -0.2) is 0 Å². The van der Waals surface area contributed by atoms with Gasteiger partial charge in [-0.15, -0.1) is 0 Å². The molecule has 4 aromatic carbocycles. The monoisotopic (exact) mass is 547 g/mol. The minimum atomic E-state index is -0.276. The van der Waals surface area contributed by atoms with E-state index in [1.54, 1.807) is 0 Å². The van der Waals surface area contributed by atoms with Gasteiger partial charge in [0.05, 0.1) is 0 Å². The van der Waals surface area contributed by atoms with Gasteiger partial charge in [0.1, 0.15) is 6.17 Å². The van der Waals surface area contributed by atoms with Gasteiger partial charge in [0.2, 0.25) is 0 Å². The number of ether oxygens (including phenoxy) is 1. The lowest BCUT2D eigenvalue weighted by molar-refractivity contribution is 0.0707. The molecule has 0 aliphatic carbocycles. The topological polar surface area (TPSA) is 61.9 Å². The highest BCUT2D eigenvalue weighted by atomic mass is 16.5. The Morgan fingerprint density at radius 3 is 2.22 bits per heavy atom. The number of nitrogens with one attached hydrogen (secondary N) is 1. The van der Waals surface area contributed by atoms with Crippen LogP contribution in [0.2, 0.25) is 0 Å². The standard InChI is InChI=1S/C35H37N3O3/c1-2-41-25-11-23-38-33(31-16-9-10-17-32(31)35(38)40)36-30-20-18-29(19-21-30)34(39)37(26-28-14-7-4-8-15-28)24-22-27-12-5-3-6-13-27/h3-10,12-21,33,36H,2,11,22-26H2,1H3. The zero-order valence-electron chi connectivity index (χ0n) is 23.5. The Morgan fingerprint density at radius 2 is 1.51 bits per heavy atom. The molecule has 0 bridgehead atoms. The van der Waals surface area contributed by atoms with Crippen molar-refractivity contribution in [2.75, 3.05) is 31.6 Å². The summed E-state index contributed by atoms with van der Waals surface area (Å²) in [6.07, 6.45) is 1.27. The van der Waals surface area contributed by atoms with Crippen molar-refractivity contribution < 1.29 is 14.3 Å². The van der Waals surface area contributed by atoms with E-state index in [4.69, 9.17) is 4.74 Å². The Morgan fingerprint density at radius 1 is 0.854 bits per heavy atom. The first kappa shape index (κ1) is 28.1. The predicted molar refractivity (Wildman–Crippen MR) is 163 cm³/mol. The van der Waals surface area contributed by atoms with Crippen LogP contribution in [0.4, 0.5) is 5.69 Å². The maximum Gasteiger partial charge on any atom is 0.256 e. The van der Waals surface area contributed by atoms with Gasteiger partial charge in [-0.05, 0) is 61.2 Å². The Hall–Kier alpha value is -4.42. The molecule has 0 radical (unpaired) electrons. The molecule has 0 saturated heterocycles. The molecule has 210 valence electrons. The van der Waals surface area contributed by atoms with Gasteiger partial charge in [0.25, 0.3) is 11.8 Å². The lowest BCUT2D eigenvalue weighted by Gasteiger charge is -2.27. The summed E-state index contributed by atoms with van der Waals surface area (Å²) in [6, 6.07) is 35.7. The molecule has 1 N–H and O–H groups in total. The van der Waals surface area contributed by atoms with E-state index in [2.05, 4.69) is 29.6 Å². The van der Waals surface area contributed by atoms with Crippen LogP contribution >= 0.6 is 0 Å². The Kier molecular flexibility index (Phi) is 9.45. The number of benzene rings is 4. The quantitative estimate of drug-likeness (QED) is 0.193. The number of hydrogen-bond acceptors (Lipinski definition) is 4. The molecule has 1 aliphatic heterocycles. The van der Waals surface area contributed by atoms with Crippen molar-refractivity contribution in [1.29, 1.82) is 0 Å². The Labute approximate surface area is 242 Å². The summed E-state index contributed by atoms with van der Waals surface area (Å²) in [4.78, 5) is 30.7. The van der Waals surface area contributed by atoms with Crippen molar-refractivity contribution in [2.24, 2.45) is 0 Å². The number of carbonyl (C=O) groups excluding carboxylic acids is 2. The number of amides is 2. The van der Waals surface area contributed by atoms with Crippen LogP contribution in [0.3, 0.4) is 0 Å². The van der Waals surface area contributed by atoms with E-state index < -0.39 is 0 Å². The van der Waals surface area contributed by atoms with Crippen LogP contribution in [0, 0.1) is 0 Å². The van der Waals surface area contributed by atoms with Crippen molar-refractivity contribution >= 4 is 17.5 Å². The molecule has 6 nitrogen and oxygen atoms in total. The third-order valence-corrected chi connectivity index (χ3v) is 7.40. The van der Waals surface area contributed by atoms with Crippen LogP contribution < -0.4 is 5.32 Å². The highest BCUT2D eigenvalue weighted by Crippen LogP contribution is 2.34. The SMILES string of the molecule is CCOCCCN1C(=O)c2ccccc2C1Nc1ccc(C(=O)N(CCc2ccccc2)Cc2ccccc2)cc1. The lowest BCUT2D eigenvalue weighted by Crippen LogP contribution is -2.34. The smallest absolute Gasteiger partial charge is 0.256 e. The third kappa shape index (κ3) is 7.02. The molecule has 1 aliphatic rings. The third-order valence-electron chi connectivity index (χ3n) is 7.40. The number of anilines is 1. The minimum absolute atomic E-state index is 0.00438. The zero-order chi connectivity index (χ0) is 28.4. The molecule has 1 heterocycles. The van der Waals surface area contributed by atoms with Crippen LogP contribution in [-0.4, -0.2) is 47.9 Å². The van der Waals surface area contributed by atoms with E-state index in [0.717, 1.165) is 35.2 Å². The van der Waals surface area contributed by atoms with E-state index in [1.807, 2.05) is 102 Å². The van der Waals surface area contributed by atoms with Gasteiger partial charge >= 0.3 is 0 Å². The average Bonchev–Trinajstić information content (AvgIpc) is 3.28. The van der Waals surface area contributed by atoms with Gasteiger partial charge in [-0.3, -0.25) is 9.59 Å². The summed E-state index contributed by atoms with van der Waals surface area (Å²) in [7, 11) is 0. The number of fused-ring (bicyclic) bond motifs is 1. The summed E-state index contributed by atoms with van der Waals surface area (Å²) in [5, 5.41) is 3.54.